The number of hydrogen-bond acceptors (Lipinski definition) is 2. The summed E-state index contributed by atoms with van der Waals surface area (Å²) < 4.78 is 5.70. The first-order valence-corrected chi connectivity index (χ1v) is 5.52. The van der Waals surface area contributed by atoms with E-state index in [1.807, 2.05) is 61.5 Å². The van der Waals surface area contributed by atoms with Crippen molar-refractivity contribution in [1.29, 1.82) is 5.26 Å². The van der Waals surface area contributed by atoms with Gasteiger partial charge >= 0.3 is 0 Å². The Labute approximate surface area is 101 Å². The van der Waals surface area contributed by atoms with Crippen molar-refractivity contribution in [2.45, 2.75) is 12.8 Å². The van der Waals surface area contributed by atoms with E-state index < -0.39 is 0 Å². The minimum Gasteiger partial charge on any atom is -0.457 e. The fourth-order valence-corrected chi connectivity index (χ4v) is 1.55. The van der Waals surface area contributed by atoms with Gasteiger partial charge in [0, 0.05) is 0 Å². The number of hydrogen-bond donors (Lipinski definition) is 0. The molecule has 0 bridgehead atoms. The van der Waals surface area contributed by atoms with E-state index in [9.17, 15) is 0 Å². The first-order valence-electron chi connectivity index (χ1n) is 5.52. The van der Waals surface area contributed by atoms with Crippen molar-refractivity contribution in [3.05, 3.63) is 60.2 Å². The monoisotopic (exact) mass is 223 g/mol. The molecule has 0 spiro atoms. The molecule has 2 heteroatoms. The van der Waals surface area contributed by atoms with E-state index in [0.717, 1.165) is 17.1 Å². The van der Waals surface area contributed by atoms with Crippen LogP contribution in [0, 0.1) is 11.3 Å². The second-order valence-electron chi connectivity index (χ2n) is 3.84. The van der Waals surface area contributed by atoms with Gasteiger partial charge in [0.05, 0.1) is 12.0 Å². The number of para-hydroxylation sites is 1. The highest BCUT2D eigenvalue weighted by Crippen LogP contribution is 2.24. The van der Waals surface area contributed by atoms with Gasteiger partial charge in [-0.2, -0.15) is 5.26 Å². The zero-order valence-corrected chi connectivity index (χ0v) is 9.63. The Morgan fingerprint density at radius 2 is 1.71 bits per heavy atom. The minimum atomic E-state index is -0.116. The fraction of sp³-hybridized carbons (Fsp3) is 0.133. The van der Waals surface area contributed by atoms with Crippen LogP contribution >= 0.6 is 0 Å². The highest BCUT2D eigenvalue weighted by molar-refractivity contribution is 5.36. The van der Waals surface area contributed by atoms with E-state index in [-0.39, 0.29) is 5.92 Å². The number of rotatable bonds is 3. The molecule has 0 saturated heterocycles. The zero-order valence-electron chi connectivity index (χ0n) is 9.63. The molecule has 2 aromatic rings. The summed E-state index contributed by atoms with van der Waals surface area (Å²) in [6, 6.07) is 19.5. The Morgan fingerprint density at radius 3 is 2.41 bits per heavy atom. The highest BCUT2D eigenvalue weighted by atomic mass is 16.5. The lowest BCUT2D eigenvalue weighted by Gasteiger charge is -2.08. The Kier molecular flexibility index (Phi) is 3.42. The molecule has 0 N–H and O–H groups in total. The number of ether oxygens (including phenoxy) is 1. The summed E-state index contributed by atoms with van der Waals surface area (Å²) in [7, 11) is 0. The van der Waals surface area contributed by atoms with Crippen LogP contribution in [0.3, 0.4) is 0 Å². The Bertz CT molecular complexity index is 528. The summed E-state index contributed by atoms with van der Waals surface area (Å²) in [5.41, 5.74) is 0.973. The number of nitrogens with zero attached hydrogens (tertiary/aromatic N) is 1. The molecule has 0 aromatic heterocycles. The second-order valence-corrected chi connectivity index (χ2v) is 3.84. The van der Waals surface area contributed by atoms with Crippen LogP contribution in [0.1, 0.15) is 18.4 Å². The van der Waals surface area contributed by atoms with Gasteiger partial charge < -0.3 is 4.74 Å². The maximum atomic E-state index is 8.88. The van der Waals surface area contributed by atoms with Gasteiger partial charge in [0.25, 0.3) is 0 Å². The molecule has 17 heavy (non-hydrogen) atoms. The van der Waals surface area contributed by atoms with Crippen molar-refractivity contribution in [3.63, 3.8) is 0 Å². The lowest BCUT2D eigenvalue weighted by atomic mass is 10.0. The van der Waals surface area contributed by atoms with Gasteiger partial charge in [0.15, 0.2) is 0 Å². The quantitative estimate of drug-likeness (QED) is 0.784. The molecule has 0 aliphatic carbocycles. The van der Waals surface area contributed by atoms with E-state index in [1.165, 1.54) is 0 Å². The standard InChI is InChI=1S/C15H13NO/c1-12(11-16)13-6-5-9-15(10-13)17-14-7-3-2-4-8-14/h2-10,12H,1H3. The van der Waals surface area contributed by atoms with Crippen LogP contribution in [0.2, 0.25) is 0 Å². The summed E-state index contributed by atoms with van der Waals surface area (Å²) in [5, 5.41) is 8.88. The third kappa shape index (κ3) is 2.85. The van der Waals surface area contributed by atoms with Crippen LogP contribution < -0.4 is 4.74 Å². The molecule has 2 nitrogen and oxygen atoms in total. The third-order valence-electron chi connectivity index (χ3n) is 2.53. The smallest absolute Gasteiger partial charge is 0.127 e. The normalized spacial score (nSPS) is 11.5. The van der Waals surface area contributed by atoms with Crippen molar-refractivity contribution < 1.29 is 4.74 Å². The van der Waals surface area contributed by atoms with E-state index in [0.29, 0.717) is 0 Å². The maximum Gasteiger partial charge on any atom is 0.127 e. The largest absolute Gasteiger partial charge is 0.457 e. The molecule has 0 aliphatic heterocycles. The molecular formula is C15H13NO. The SMILES string of the molecule is CC(C#N)c1cccc(Oc2ccccc2)c1. The fourth-order valence-electron chi connectivity index (χ4n) is 1.55. The van der Waals surface area contributed by atoms with Crippen LogP contribution in [-0.2, 0) is 0 Å². The molecule has 0 amide bonds. The summed E-state index contributed by atoms with van der Waals surface area (Å²) in [6.07, 6.45) is 0. The molecule has 0 fully saturated rings. The molecular weight excluding hydrogens is 210 g/mol. The molecule has 0 aliphatic rings. The molecule has 84 valence electrons. The van der Waals surface area contributed by atoms with Gasteiger partial charge in [-0.3, -0.25) is 0 Å². The van der Waals surface area contributed by atoms with Crippen LogP contribution in [0.5, 0.6) is 11.5 Å². The summed E-state index contributed by atoms with van der Waals surface area (Å²) >= 11 is 0. The van der Waals surface area contributed by atoms with Crippen LogP contribution in [0.25, 0.3) is 0 Å². The molecule has 1 atom stereocenters. The first-order chi connectivity index (χ1) is 8.29. The van der Waals surface area contributed by atoms with Crippen molar-refractivity contribution in [2.75, 3.05) is 0 Å². The highest BCUT2D eigenvalue weighted by Gasteiger charge is 2.05. The average molecular weight is 223 g/mol. The minimum absolute atomic E-state index is 0.116. The van der Waals surface area contributed by atoms with Gasteiger partial charge in [-0.1, -0.05) is 30.3 Å². The van der Waals surface area contributed by atoms with Crippen molar-refractivity contribution in [3.8, 4) is 17.6 Å². The van der Waals surface area contributed by atoms with E-state index >= 15 is 0 Å². The van der Waals surface area contributed by atoms with E-state index in [4.69, 9.17) is 10.00 Å². The number of nitriles is 1. The summed E-state index contributed by atoms with van der Waals surface area (Å²) in [6.45, 7) is 1.88. The zero-order chi connectivity index (χ0) is 12.1. The maximum absolute atomic E-state index is 8.88. The Hall–Kier alpha value is -2.27. The third-order valence-corrected chi connectivity index (χ3v) is 2.53. The van der Waals surface area contributed by atoms with Gasteiger partial charge in [-0.15, -0.1) is 0 Å². The predicted molar refractivity (Wildman–Crippen MR) is 67.0 cm³/mol. The Morgan fingerprint density at radius 1 is 1.00 bits per heavy atom. The molecule has 1 unspecified atom stereocenters. The lowest BCUT2D eigenvalue weighted by Crippen LogP contribution is -1.90. The lowest BCUT2D eigenvalue weighted by molar-refractivity contribution is 0.482. The topological polar surface area (TPSA) is 33.0 Å². The first kappa shape index (κ1) is 11.2. The van der Waals surface area contributed by atoms with Crippen molar-refractivity contribution in [2.24, 2.45) is 0 Å². The van der Waals surface area contributed by atoms with Crippen LogP contribution in [-0.4, -0.2) is 0 Å². The molecule has 0 saturated carbocycles. The Balaban J connectivity index is 2.20. The van der Waals surface area contributed by atoms with E-state index in [2.05, 4.69) is 6.07 Å². The number of benzene rings is 2. The van der Waals surface area contributed by atoms with Gasteiger partial charge in [-0.25, -0.2) is 0 Å². The summed E-state index contributed by atoms with van der Waals surface area (Å²) in [5.74, 6) is 1.44. The predicted octanol–water partition coefficient (Wildman–Crippen LogP) is 4.11. The van der Waals surface area contributed by atoms with Crippen molar-refractivity contribution >= 4 is 0 Å². The van der Waals surface area contributed by atoms with Crippen molar-refractivity contribution in [1.82, 2.24) is 0 Å². The van der Waals surface area contributed by atoms with Crippen LogP contribution in [0.4, 0.5) is 0 Å². The van der Waals surface area contributed by atoms with E-state index in [1.54, 1.807) is 0 Å². The van der Waals surface area contributed by atoms with Crippen LogP contribution in [0.15, 0.2) is 54.6 Å². The van der Waals surface area contributed by atoms with Gasteiger partial charge in [0.1, 0.15) is 11.5 Å². The van der Waals surface area contributed by atoms with Gasteiger partial charge in [-0.05, 0) is 36.8 Å². The molecule has 0 radical (unpaired) electrons. The van der Waals surface area contributed by atoms with Gasteiger partial charge in [0.2, 0.25) is 0 Å². The molecule has 0 heterocycles. The summed E-state index contributed by atoms with van der Waals surface area (Å²) in [4.78, 5) is 0. The molecule has 2 rings (SSSR count). The second kappa shape index (κ2) is 5.18. The molecule has 2 aromatic carbocycles. The average Bonchev–Trinajstić information content (AvgIpc) is 2.39.